The lowest BCUT2D eigenvalue weighted by Crippen LogP contribution is -2.38. The number of hydrogen-bond acceptors (Lipinski definition) is 2. The van der Waals surface area contributed by atoms with Crippen LogP contribution >= 0.6 is 11.6 Å². The molecule has 1 aliphatic rings. The molecule has 0 unspecified atom stereocenters. The Kier molecular flexibility index (Phi) is 5.36. The van der Waals surface area contributed by atoms with E-state index in [9.17, 15) is 0 Å². The van der Waals surface area contributed by atoms with Crippen molar-refractivity contribution in [2.75, 3.05) is 13.2 Å². The van der Waals surface area contributed by atoms with Crippen LogP contribution in [-0.4, -0.2) is 19.2 Å². The normalized spacial score (nSPS) is 18.1. The number of halogens is 1. The molecule has 0 amide bonds. The second-order valence-corrected chi connectivity index (χ2v) is 6.34. The molecule has 0 spiro atoms. The van der Waals surface area contributed by atoms with Crippen LogP contribution in [0.25, 0.3) is 0 Å². The van der Waals surface area contributed by atoms with Gasteiger partial charge in [0.15, 0.2) is 0 Å². The standard InChI is InChI=1S/C19H22ClNO/c20-17-8-4-15(5-9-17)13-16-6-10-19(11-7-16)22-14-18-3-1-2-12-21-18/h4-11,18,21H,1-3,12-14H2/t18-/m1/s1. The highest BCUT2D eigenvalue weighted by Crippen LogP contribution is 2.18. The van der Waals surface area contributed by atoms with E-state index in [1.54, 1.807) is 0 Å². The summed E-state index contributed by atoms with van der Waals surface area (Å²) in [6.45, 7) is 1.88. The van der Waals surface area contributed by atoms with Crippen molar-refractivity contribution in [3.8, 4) is 5.75 Å². The molecular formula is C19H22ClNO. The first-order valence-electron chi connectivity index (χ1n) is 7.99. The lowest BCUT2D eigenvalue weighted by Gasteiger charge is -2.23. The Bertz CT molecular complexity index is 573. The molecule has 3 rings (SSSR count). The van der Waals surface area contributed by atoms with Gasteiger partial charge >= 0.3 is 0 Å². The summed E-state index contributed by atoms with van der Waals surface area (Å²) in [7, 11) is 0. The number of hydrogen-bond donors (Lipinski definition) is 1. The lowest BCUT2D eigenvalue weighted by atomic mass is 10.0. The fourth-order valence-electron chi connectivity index (χ4n) is 2.80. The number of ether oxygens (including phenoxy) is 1. The van der Waals surface area contributed by atoms with E-state index in [-0.39, 0.29) is 0 Å². The molecule has 116 valence electrons. The topological polar surface area (TPSA) is 21.3 Å². The van der Waals surface area contributed by atoms with E-state index in [0.29, 0.717) is 6.04 Å². The molecule has 0 aromatic heterocycles. The third-order valence-corrected chi connectivity index (χ3v) is 4.36. The number of nitrogens with one attached hydrogen (secondary N) is 1. The Labute approximate surface area is 137 Å². The van der Waals surface area contributed by atoms with E-state index < -0.39 is 0 Å². The monoisotopic (exact) mass is 315 g/mol. The Balaban J connectivity index is 1.52. The van der Waals surface area contributed by atoms with Crippen LogP contribution in [-0.2, 0) is 6.42 Å². The van der Waals surface area contributed by atoms with Gasteiger partial charge in [-0.2, -0.15) is 0 Å². The predicted octanol–water partition coefficient (Wildman–Crippen LogP) is 4.45. The van der Waals surface area contributed by atoms with Crippen molar-refractivity contribution >= 4 is 11.6 Å². The quantitative estimate of drug-likeness (QED) is 0.880. The highest BCUT2D eigenvalue weighted by molar-refractivity contribution is 6.30. The van der Waals surface area contributed by atoms with Gasteiger partial charge in [-0.25, -0.2) is 0 Å². The van der Waals surface area contributed by atoms with E-state index in [1.807, 2.05) is 12.1 Å². The molecule has 22 heavy (non-hydrogen) atoms. The first kappa shape index (κ1) is 15.4. The minimum atomic E-state index is 0.502. The molecule has 2 aromatic carbocycles. The largest absolute Gasteiger partial charge is 0.492 e. The van der Waals surface area contributed by atoms with E-state index in [2.05, 4.69) is 41.7 Å². The third-order valence-electron chi connectivity index (χ3n) is 4.11. The highest BCUT2D eigenvalue weighted by atomic mass is 35.5. The van der Waals surface area contributed by atoms with Gasteiger partial charge in [0.05, 0.1) is 0 Å². The highest BCUT2D eigenvalue weighted by Gasteiger charge is 2.12. The maximum Gasteiger partial charge on any atom is 0.119 e. The van der Waals surface area contributed by atoms with Crippen LogP contribution in [0.15, 0.2) is 48.5 Å². The third kappa shape index (κ3) is 4.49. The Morgan fingerprint density at radius 3 is 2.27 bits per heavy atom. The van der Waals surface area contributed by atoms with Gasteiger partial charge in [0.2, 0.25) is 0 Å². The smallest absolute Gasteiger partial charge is 0.119 e. The Morgan fingerprint density at radius 1 is 0.955 bits per heavy atom. The van der Waals surface area contributed by atoms with Gasteiger partial charge in [-0.15, -0.1) is 0 Å². The number of piperidine rings is 1. The second kappa shape index (κ2) is 7.66. The molecule has 2 aromatic rings. The molecule has 1 fully saturated rings. The zero-order chi connectivity index (χ0) is 15.2. The summed E-state index contributed by atoms with van der Waals surface area (Å²) in [5.41, 5.74) is 2.55. The van der Waals surface area contributed by atoms with Crippen LogP contribution in [0, 0.1) is 0 Å². The van der Waals surface area contributed by atoms with Crippen LogP contribution in [0.1, 0.15) is 30.4 Å². The van der Waals surface area contributed by atoms with Gasteiger partial charge in [0.1, 0.15) is 12.4 Å². The summed E-state index contributed by atoms with van der Waals surface area (Å²) in [6, 6.07) is 16.9. The van der Waals surface area contributed by atoms with Crippen LogP contribution in [0.4, 0.5) is 0 Å². The van der Waals surface area contributed by atoms with Gasteiger partial charge in [-0.1, -0.05) is 42.3 Å². The van der Waals surface area contributed by atoms with Crippen LogP contribution < -0.4 is 10.1 Å². The van der Waals surface area contributed by atoms with E-state index >= 15 is 0 Å². The van der Waals surface area contributed by atoms with E-state index in [4.69, 9.17) is 16.3 Å². The van der Waals surface area contributed by atoms with Crippen molar-refractivity contribution in [3.63, 3.8) is 0 Å². The van der Waals surface area contributed by atoms with Crippen molar-refractivity contribution in [1.82, 2.24) is 5.32 Å². The van der Waals surface area contributed by atoms with Gasteiger partial charge in [0.25, 0.3) is 0 Å². The molecule has 1 saturated heterocycles. The van der Waals surface area contributed by atoms with Crippen molar-refractivity contribution in [2.45, 2.75) is 31.7 Å². The molecule has 1 aliphatic heterocycles. The number of rotatable bonds is 5. The summed E-state index contributed by atoms with van der Waals surface area (Å²) in [6.07, 6.45) is 4.73. The Morgan fingerprint density at radius 2 is 1.64 bits per heavy atom. The van der Waals surface area contributed by atoms with Gasteiger partial charge in [-0.3, -0.25) is 0 Å². The molecule has 0 bridgehead atoms. The summed E-state index contributed by atoms with van der Waals surface area (Å²) >= 11 is 5.91. The van der Waals surface area contributed by atoms with Crippen LogP contribution in [0.2, 0.25) is 5.02 Å². The first-order valence-corrected chi connectivity index (χ1v) is 8.37. The van der Waals surface area contributed by atoms with Crippen LogP contribution in [0.3, 0.4) is 0 Å². The molecular weight excluding hydrogens is 294 g/mol. The zero-order valence-electron chi connectivity index (χ0n) is 12.7. The van der Waals surface area contributed by atoms with E-state index in [1.165, 1.54) is 30.4 Å². The maximum atomic E-state index is 5.91. The molecule has 3 heteroatoms. The number of benzene rings is 2. The average Bonchev–Trinajstić information content (AvgIpc) is 2.57. The summed E-state index contributed by atoms with van der Waals surface area (Å²) in [5, 5.41) is 4.28. The van der Waals surface area contributed by atoms with Crippen molar-refractivity contribution < 1.29 is 4.74 Å². The molecule has 2 nitrogen and oxygen atoms in total. The SMILES string of the molecule is Clc1ccc(Cc2ccc(OC[C@H]3CCCCN3)cc2)cc1. The van der Waals surface area contributed by atoms with Crippen molar-refractivity contribution in [1.29, 1.82) is 0 Å². The fourth-order valence-corrected chi connectivity index (χ4v) is 2.93. The Hall–Kier alpha value is -1.51. The molecule has 1 N–H and O–H groups in total. The fraction of sp³-hybridized carbons (Fsp3) is 0.368. The summed E-state index contributed by atoms with van der Waals surface area (Å²) in [5.74, 6) is 0.951. The van der Waals surface area contributed by atoms with Crippen LogP contribution in [0.5, 0.6) is 5.75 Å². The maximum absolute atomic E-state index is 5.91. The lowest BCUT2D eigenvalue weighted by molar-refractivity contribution is 0.239. The van der Waals surface area contributed by atoms with Gasteiger partial charge in [0, 0.05) is 11.1 Å². The van der Waals surface area contributed by atoms with E-state index in [0.717, 1.165) is 30.3 Å². The average molecular weight is 316 g/mol. The molecule has 1 heterocycles. The van der Waals surface area contributed by atoms with Crippen molar-refractivity contribution in [3.05, 3.63) is 64.7 Å². The molecule has 0 aliphatic carbocycles. The predicted molar refractivity (Wildman–Crippen MR) is 91.8 cm³/mol. The minimum Gasteiger partial charge on any atom is -0.492 e. The van der Waals surface area contributed by atoms with Gasteiger partial charge in [-0.05, 0) is 61.2 Å². The molecule has 0 radical (unpaired) electrons. The zero-order valence-corrected chi connectivity index (χ0v) is 13.5. The van der Waals surface area contributed by atoms with Gasteiger partial charge < -0.3 is 10.1 Å². The second-order valence-electron chi connectivity index (χ2n) is 5.91. The molecule has 0 saturated carbocycles. The summed E-state index contributed by atoms with van der Waals surface area (Å²) < 4.78 is 5.89. The summed E-state index contributed by atoms with van der Waals surface area (Å²) in [4.78, 5) is 0. The van der Waals surface area contributed by atoms with Crippen molar-refractivity contribution in [2.24, 2.45) is 0 Å². The molecule has 1 atom stereocenters. The first-order chi connectivity index (χ1) is 10.8. The minimum absolute atomic E-state index is 0.502.